The van der Waals surface area contributed by atoms with E-state index < -0.39 is 0 Å². The Kier molecular flexibility index (Phi) is 3.72. The molecule has 2 aliphatic carbocycles. The van der Waals surface area contributed by atoms with Crippen molar-refractivity contribution >= 4 is 11.6 Å². The first kappa shape index (κ1) is 15.1. The highest BCUT2D eigenvalue weighted by Crippen LogP contribution is 2.47. The van der Waals surface area contributed by atoms with Crippen LogP contribution in [-0.4, -0.2) is 11.6 Å². The maximum Gasteiger partial charge on any atom is 0.169 e. The highest BCUT2D eigenvalue weighted by molar-refractivity contribution is 6.06. The highest BCUT2D eigenvalue weighted by Gasteiger charge is 2.47. The molecule has 2 aromatic rings. The van der Waals surface area contributed by atoms with E-state index in [4.69, 9.17) is 4.74 Å². The zero-order valence-corrected chi connectivity index (χ0v) is 13.6. The minimum atomic E-state index is -0.339. The SMILES string of the molecule is O=C1CCC2(CC1)Cc1ccc(OCc3ccccc3)cc1C2=O. The Bertz CT molecular complexity index is 782. The molecule has 2 aromatic carbocycles. The quantitative estimate of drug-likeness (QED) is 0.854. The molecule has 0 aliphatic heterocycles. The molecule has 2 aliphatic rings. The minimum Gasteiger partial charge on any atom is -0.489 e. The predicted octanol–water partition coefficient (Wildman–Crippen LogP) is 4.13. The predicted molar refractivity (Wildman–Crippen MR) is 91.2 cm³/mol. The van der Waals surface area contributed by atoms with Gasteiger partial charge in [-0.15, -0.1) is 0 Å². The molecular weight excluding hydrogens is 300 g/mol. The second kappa shape index (κ2) is 5.90. The molecule has 0 N–H and O–H groups in total. The summed E-state index contributed by atoms with van der Waals surface area (Å²) in [6, 6.07) is 15.8. The standard InChI is InChI=1S/C21H20O3/c22-17-8-10-21(11-9-17)13-16-6-7-18(12-19(16)20(21)23)24-14-15-4-2-1-3-5-15/h1-7,12H,8-11,13-14H2. The van der Waals surface area contributed by atoms with E-state index in [0.717, 1.165) is 28.9 Å². The summed E-state index contributed by atoms with van der Waals surface area (Å²) in [5, 5.41) is 0. The van der Waals surface area contributed by atoms with Crippen LogP contribution in [0, 0.1) is 5.41 Å². The molecule has 0 aromatic heterocycles. The molecule has 3 heteroatoms. The van der Waals surface area contributed by atoms with Gasteiger partial charge in [-0.1, -0.05) is 36.4 Å². The fraction of sp³-hybridized carbons (Fsp3) is 0.333. The topological polar surface area (TPSA) is 43.4 Å². The van der Waals surface area contributed by atoms with Crippen molar-refractivity contribution in [2.45, 2.75) is 38.7 Å². The van der Waals surface area contributed by atoms with E-state index in [1.54, 1.807) is 0 Å². The Balaban J connectivity index is 1.52. The zero-order chi connectivity index (χ0) is 16.6. The summed E-state index contributed by atoms with van der Waals surface area (Å²) >= 11 is 0. The van der Waals surface area contributed by atoms with Crippen molar-refractivity contribution in [2.75, 3.05) is 0 Å². The van der Waals surface area contributed by atoms with Gasteiger partial charge in [0.2, 0.25) is 0 Å². The van der Waals surface area contributed by atoms with Crippen molar-refractivity contribution in [3.05, 3.63) is 65.2 Å². The Labute approximate surface area is 141 Å². The smallest absolute Gasteiger partial charge is 0.169 e. The monoisotopic (exact) mass is 320 g/mol. The Morgan fingerprint density at radius 2 is 1.71 bits per heavy atom. The minimum absolute atomic E-state index is 0.204. The normalized spacial score (nSPS) is 18.7. The largest absolute Gasteiger partial charge is 0.489 e. The van der Waals surface area contributed by atoms with Crippen molar-refractivity contribution in [1.82, 2.24) is 0 Å². The molecule has 1 saturated carbocycles. The first-order chi connectivity index (χ1) is 11.7. The number of rotatable bonds is 3. The van der Waals surface area contributed by atoms with Crippen LogP contribution in [0.15, 0.2) is 48.5 Å². The van der Waals surface area contributed by atoms with Crippen LogP contribution in [0.3, 0.4) is 0 Å². The lowest BCUT2D eigenvalue weighted by Gasteiger charge is -2.30. The number of carbonyl (C=O) groups excluding carboxylic acids is 2. The van der Waals surface area contributed by atoms with E-state index in [9.17, 15) is 9.59 Å². The van der Waals surface area contributed by atoms with Gasteiger partial charge in [0.25, 0.3) is 0 Å². The Morgan fingerprint density at radius 1 is 0.958 bits per heavy atom. The summed E-state index contributed by atoms with van der Waals surface area (Å²) in [6.45, 7) is 0.494. The number of Topliss-reactive ketones (excluding diaryl/α,β-unsaturated/α-hetero) is 2. The second-order valence-corrected chi connectivity index (χ2v) is 6.92. The first-order valence-corrected chi connectivity index (χ1v) is 8.52. The van der Waals surface area contributed by atoms with Gasteiger partial charge < -0.3 is 4.74 Å². The van der Waals surface area contributed by atoms with Gasteiger partial charge in [-0.05, 0) is 42.5 Å². The van der Waals surface area contributed by atoms with Gasteiger partial charge in [0.1, 0.15) is 18.1 Å². The molecule has 0 atom stereocenters. The highest BCUT2D eigenvalue weighted by atomic mass is 16.5. The number of carbonyl (C=O) groups is 2. The van der Waals surface area contributed by atoms with Gasteiger partial charge >= 0.3 is 0 Å². The molecule has 24 heavy (non-hydrogen) atoms. The first-order valence-electron chi connectivity index (χ1n) is 8.52. The van der Waals surface area contributed by atoms with Crippen LogP contribution in [0.2, 0.25) is 0 Å². The molecule has 0 saturated heterocycles. The Morgan fingerprint density at radius 3 is 2.46 bits per heavy atom. The number of fused-ring (bicyclic) bond motifs is 1. The fourth-order valence-electron chi connectivity index (χ4n) is 3.89. The third-order valence-electron chi connectivity index (χ3n) is 5.35. The molecule has 1 spiro atoms. The summed E-state index contributed by atoms with van der Waals surface area (Å²) in [5.41, 5.74) is 2.65. The van der Waals surface area contributed by atoms with E-state index >= 15 is 0 Å². The second-order valence-electron chi connectivity index (χ2n) is 6.92. The van der Waals surface area contributed by atoms with Gasteiger partial charge in [-0.25, -0.2) is 0 Å². The maximum atomic E-state index is 12.9. The number of hydrogen-bond donors (Lipinski definition) is 0. The van der Waals surface area contributed by atoms with Crippen LogP contribution < -0.4 is 4.74 Å². The lowest BCUT2D eigenvalue weighted by molar-refractivity contribution is -0.121. The van der Waals surface area contributed by atoms with Crippen LogP contribution in [-0.2, 0) is 17.8 Å². The molecule has 122 valence electrons. The number of ether oxygens (including phenoxy) is 1. The van der Waals surface area contributed by atoms with Crippen molar-refractivity contribution < 1.29 is 14.3 Å². The molecular formula is C21H20O3. The third-order valence-corrected chi connectivity index (χ3v) is 5.35. The van der Waals surface area contributed by atoms with Gasteiger partial charge in [0.05, 0.1) is 0 Å². The average Bonchev–Trinajstić information content (AvgIpc) is 2.89. The van der Waals surface area contributed by atoms with E-state index in [2.05, 4.69) is 0 Å². The van der Waals surface area contributed by atoms with Crippen LogP contribution in [0.25, 0.3) is 0 Å². The Hall–Kier alpha value is -2.42. The van der Waals surface area contributed by atoms with Crippen LogP contribution in [0.4, 0.5) is 0 Å². The van der Waals surface area contributed by atoms with E-state index in [0.29, 0.717) is 32.3 Å². The molecule has 0 amide bonds. The number of ketones is 2. The molecule has 0 bridgehead atoms. The third kappa shape index (κ3) is 2.64. The van der Waals surface area contributed by atoms with Crippen molar-refractivity contribution in [2.24, 2.45) is 5.41 Å². The summed E-state index contributed by atoms with van der Waals surface area (Å²) in [6.07, 6.45) is 3.24. The van der Waals surface area contributed by atoms with Crippen LogP contribution in [0.5, 0.6) is 5.75 Å². The molecule has 4 rings (SSSR count). The van der Waals surface area contributed by atoms with Crippen molar-refractivity contribution in [3.8, 4) is 5.75 Å². The van der Waals surface area contributed by atoms with E-state index in [1.165, 1.54) is 0 Å². The van der Waals surface area contributed by atoms with Crippen LogP contribution in [0.1, 0.15) is 47.2 Å². The molecule has 0 radical (unpaired) electrons. The average molecular weight is 320 g/mol. The lowest BCUT2D eigenvalue weighted by Crippen LogP contribution is -2.33. The van der Waals surface area contributed by atoms with E-state index in [-0.39, 0.29) is 17.0 Å². The molecule has 3 nitrogen and oxygen atoms in total. The molecule has 0 unspecified atom stereocenters. The van der Waals surface area contributed by atoms with E-state index in [1.807, 2.05) is 48.5 Å². The summed E-state index contributed by atoms with van der Waals surface area (Å²) < 4.78 is 5.85. The summed E-state index contributed by atoms with van der Waals surface area (Å²) in [5.74, 6) is 1.22. The number of benzene rings is 2. The van der Waals surface area contributed by atoms with Gasteiger partial charge in [0, 0.05) is 23.8 Å². The van der Waals surface area contributed by atoms with Gasteiger partial charge in [-0.2, -0.15) is 0 Å². The molecule has 1 fully saturated rings. The zero-order valence-electron chi connectivity index (χ0n) is 13.6. The van der Waals surface area contributed by atoms with Crippen LogP contribution >= 0.6 is 0 Å². The summed E-state index contributed by atoms with van der Waals surface area (Å²) in [4.78, 5) is 24.5. The van der Waals surface area contributed by atoms with Crippen molar-refractivity contribution in [1.29, 1.82) is 0 Å². The summed E-state index contributed by atoms with van der Waals surface area (Å²) in [7, 11) is 0. The van der Waals surface area contributed by atoms with Gasteiger partial charge in [-0.3, -0.25) is 9.59 Å². The van der Waals surface area contributed by atoms with Crippen molar-refractivity contribution in [3.63, 3.8) is 0 Å². The lowest BCUT2D eigenvalue weighted by atomic mass is 9.71. The molecule has 0 heterocycles. The maximum absolute atomic E-state index is 12.9. The van der Waals surface area contributed by atoms with Gasteiger partial charge in [0.15, 0.2) is 5.78 Å². The fourth-order valence-corrected chi connectivity index (χ4v) is 3.89. The number of hydrogen-bond acceptors (Lipinski definition) is 3.